The van der Waals surface area contributed by atoms with Crippen LogP contribution in [0.1, 0.15) is 12.1 Å². The predicted octanol–water partition coefficient (Wildman–Crippen LogP) is 0.951. The largest absolute Gasteiger partial charge is 0.396 e. The molecule has 0 saturated carbocycles. The lowest BCUT2D eigenvalue weighted by atomic mass is 10.2. The highest BCUT2D eigenvalue weighted by Crippen LogP contribution is 2.28. The van der Waals surface area contributed by atoms with Crippen LogP contribution in [0.25, 0.3) is 0 Å². The van der Waals surface area contributed by atoms with Crippen LogP contribution in [0.2, 0.25) is 0 Å². The minimum atomic E-state index is -3.08. The molecular weight excluding hydrogens is 166 g/mol. The Labute approximate surface area is 68.1 Å². The number of alkyl halides is 2. The smallest absolute Gasteiger partial charge is 0.293 e. The van der Waals surface area contributed by atoms with Gasteiger partial charge in [0.15, 0.2) is 0 Å². The Balaban J connectivity index is 2.82. The second-order valence-electron chi connectivity index (χ2n) is 2.27. The average molecular weight is 174 g/mol. The van der Waals surface area contributed by atoms with Gasteiger partial charge >= 0.3 is 0 Å². The van der Waals surface area contributed by atoms with E-state index >= 15 is 0 Å². The van der Waals surface area contributed by atoms with Crippen LogP contribution < -0.4 is 0 Å². The van der Waals surface area contributed by atoms with Crippen molar-refractivity contribution in [3.63, 3.8) is 0 Å². The molecule has 1 N–H and O–H groups in total. The summed E-state index contributed by atoms with van der Waals surface area (Å²) in [6, 6.07) is 0. The molecule has 1 rings (SSSR count). The number of aliphatic hydroxyl groups excluding tert-OH is 1. The maximum atomic E-state index is 12.9. The SMILES string of the molecule is OCCC(F)(F)c1cnccn1. The van der Waals surface area contributed by atoms with Gasteiger partial charge in [-0.1, -0.05) is 0 Å². The number of aromatic nitrogens is 2. The van der Waals surface area contributed by atoms with Crippen molar-refractivity contribution in [2.24, 2.45) is 0 Å². The van der Waals surface area contributed by atoms with Gasteiger partial charge in [-0.05, 0) is 0 Å². The van der Waals surface area contributed by atoms with Gasteiger partial charge in [-0.25, -0.2) is 0 Å². The minimum Gasteiger partial charge on any atom is -0.396 e. The average Bonchev–Trinajstić information content (AvgIpc) is 2.06. The molecule has 1 heterocycles. The molecule has 0 unspecified atom stereocenters. The van der Waals surface area contributed by atoms with Crippen LogP contribution in [-0.2, 0) is 5.92 Å². The summed E-state index contributed by atoms with van der Waals surface area (Å²) in [5.41, 5.74) is -0.404. The number of nitrogens with zero attached hydrogens (tertiary/aromatic N) is 2. The van der Waals surface area contributed by atoms with E-state index in [4.69, 9.17) is 5.11 Å². The molecule has 66 valence electrons. The molecule has 0 amide bonds. The molecular formula is C7H8F2N2O. The summed E-state index contributed by atoms with van der Waals surface area (Å²) in [4.78, 5) is 6.95. The van der Waals surface area contributed by atoms with Crippen LogP contribution in [0.3, 0.4) is 0 Å². The monoisotopic (exact) mass is 174 g/mol. The zero-order valence-corrected chi connectivity index (χ0v) is 6.24. The quantitative estimate of drug-likeness (QED) is 0.742. The molecule has 0 fully saturated rings. The fourth-order valence-electron chi connectivity index (χ4n) is 0.756. The van der Waals surface area contributed by atoms with Crippen molar-refractivity contribution in [1.82, 2.24) is 9.97 Å². The first-order valence-electron chi connectivity index (χ1n) is 3.42. The molecule has 0 aliphatic rings. The van der Waals surface area contributed by atoms with E-state index in [1.54, 1.807) is 0 Å². The van der Waals surface area contributed by atoms with Gasteiger partial charge in [-0.3, -0.25) is 9.97 Å². The van der Waals surface area contributed by atoms with Gasteiger partial charge in [0.25, 0.3) is 5.92 Å². The van der Waals surface area contributed by atoms with E-state index in [0.29, 0.717) is 0 Å². The second kappa shape index (κ2) is 3.53. The summed E-state index contributed by atoms with van der Waals surface area (Å²) in [6.07, 6.45) is 2.89. The van der Waals surface area contributed by atoms with E-state index in [2.05, 4.69) is 9.97 Å². The summed E-state index contributed by atoms with van der Waals surface area (Å²) in [7, 11) is 0. The number of rotatable bonds is 3. The maximum absolute atomic E-state index is 12.9. The lowest BCUT2D eigenvalue weighted by Crippen LogP contribution is -2.17. The van der Waals surface area contributed by atoms with E-state index in [9.17, 15) is 8.78 Å². The zero-order valence-electron chi connectivity index (χ0n) is 6.24. The molecule has 0 saturated heterocycles. The number of hydrogen-bond donors (Lipinski definition) is 1. The van der Waals surface area contributed by atoms with E-state index in [-0.39, 0.29) is 0 Å². The second-order valence-corrected chi connectivity index (χ2v) is 2.27. The van der Waals surface area contributed by atoms with Crippen molar-refractivity contribution in [3.05, 3.63) is 24.3 Å². The third-order valence-electron chi connectivity index (χ3n) is 1.36. The van der Waals surface area contributed by atoms with Crippen molar-refractivity contribution in [2.75, 3.05) is 6.61 Å². The normalized spacial score (nSPS) is 11.6. The lowest BCUT2D eigenvalue weighted by molar-refractivity contribution is -0.0313. The highest BCUT2D eigenvalue weighted by atomic mass is 19.3. The standard InChI is InChI=1S/C7H8F2N2O/c8-7(9,1-4-12)6-5-10-2-3-11-6/h2-3,5,12H,1,4H2. The highest BCUT2D eigenvalue weighted by molar-refractivity contribution is 5.03. The number of halogens is 2. The maximum Gasteiger partial charge on any atom is 0.293 e. The van der Waals surface area contributed by atoms with Crippen molar-refractivity contribution < 1.29 is 13.9 Å². The summed E-state index contributed by atoms with van der Waals surface area (Å²) in [6.45, 7) is -0.566. The van der Waals surface area contributed by atoms with Gasteiger partial charge in [0.1, 0.15) is 5.69 Å². The Hall–Kier alpha value is -1.10. The zero-order chi connectivity index (χ0) is 9.03. The molecule has 0 bridgehead atoms. The predicted molar refractivity (Wildman–Crippen MR) is 37.6 cm³/mol. The molecule has 3 nitrogen and oxygen atoms in total. The third kappa shape index (κ3) is 1.94. The molecule has 0 aliphatic carbocycles. The Kier molecular flexibility index (Phi) is 2.65. The molecule has 0 radical (unpaired) electrons. The topological polar surface area (TPSA) is 46.0 Å². The summed E-state index contributed by atoms with van der Waals surface area (Å²) < 4.78 is 25.8. The number of aliphatic hydroxyl groups is 1. The van der Waals surface area contributed by atoms with Crippen molar-refractivity contribution in [2.45, 2.75) is 12.3 Å². The first-order chi connectivity index (χ1) is 5.67. The highest BCUT2D eigenvalue weighted by Gasteiger charge is 2.32. The number of hydrogen-bond acceptors (Lipinski definition) is 3. The van der Waals surface area contributed by atoms with Gasteiger partial charge in [-0.2, -0.15) is 8.78 Å². The fraction of sp³-hybridized carbons (Fsp3) is 0.429. The molecule has 0 atom stereocenters. The first-order valence-corrected chi connectivity index (χ1v) is 3.42. The van der Waals surface area contributed by atoms with Gasteiger partial charge in [-0.15, -0.1) is 0 Å². The molecule has 12 heavy (non-hydrogen) atoms. The molecule has 1 aromatic heterocycles. The third-order valence-corrected chi connectivity index (χ3v) is 1.36. The molecule has 0 aromatic carbocycles. The van der Waals surface area contributed by atoms with Crippen LogP contribution in [0.5, 0.6) is 0 Å². The molecule has 0 aliphatic heterocycles. The molecule has 0 spiro atoms. The van der Waals surface area contributed by atoms with Gasteiger partial charge in [0.05, 0.1) is 6.20 Å². The Morgan fingerprint density at radius 3 is 2.67 bits per heavy atom. The van der Waals surface area contributed by atoms with Crippen molar-refractivity contribution >= 4 is 0 Å². The lowest BCUT2D eigenvalue weighted by Gasteiger charge is -2.12. The molecule has 1 aromatic rings. The van der Waals surface area contributed by atoms with E-state index in [0.717, 1.165) is 6.20 Å². The minimum absolute atomic E-state index is 0.404. The fourth-order valence-corrected chi connectivity index (χ4v) is 0.756. The van der Waals surface area contributed by atoms with Crippen LogP contribution in [0, 0.1) is 0 Å². The van der Waals surface area contributed by atoms with Gasteiger partial charge in [0, 0.05) is 25.4 Å². The van der Waals surface area contributed by atoms with Gasteiger partial charge < -0.3 is 5.11 Å². The van der Waals surface area contributed by atoms with E-state index in [1.807, 2.05) is 0 Å². The van der Waals surface area contributed by atoms with E-state index in [1.165, 1.54) is 12.4 Å². The Bertz CT molecular complexity index is 240. The first kappa shape index (κ1) is 8.99. The van der Waals surface area contributed by atoms with Crippen molar-refractivity contribution in [3.8, 4) is 0 Å². The summed E-state index contributed by atoms with van der Waals surface area (Å²) >= 11 is 0. The van der Waals surface area contributed by atoms with Crippen LogP contribution >= 0.6 is 0 Å². The summed E-state index contributed by atoms with van der Waals surface area (Å²) in [5.74, 6) is -3.08. The molecule has 5 heteroatoms. The van der Waals surface area contributed by atoms with Crippen LogP contribution in [0.15, 0.2) is 18.6 Å². The summed E-state index contributed by atoms with van der Waals surface area (Å²) in [5, 5.41) is 8.34. The van der Waals surface area contributed by atoms with Gasteiger partial charge in [0.2, 0.25) is 0 Å². The Morgan fingerprint density at radius 1 is 1.42 bits per heavy atom. The Morgan fingerprint density at radius 2 is 2.17 bits per heavy atom. The van der Waals surface area contributed by atoms with Crippen LogP contribution in [0.4, 0.5) is 8.78 Å². The van der Waals surface area contributed by atoms with Crippen molar-refractivity contribution in [1.29, 1.82) is 0 Å². The van der Waals surface area contributed by atoms with Crippen LogP contribution in [-0.4, -0.2) is 21.7 Å². The van der Waals surface area contributed by atoms with E-state index < -0.39 is 24.6 Å².